The number of benzene rings is 1. The Hall–Kier alpha value is -2.04. The molecular formula is C17H23N3O2. The standard InChI is InChI=1S/C17H23N3O2/c1-17(2,3)16-20-13-10-11(7-8-14(13)22-16)19-12-6-4-5-9-18-15(12)21/h7-8,10,12,19H,4-6,9H2,1-3H3,(H,18,21). The van der Waals surface area contributed by atoms with Crippen molar-refractivity contribution in [2.45, 2.75) is 51.5 Å². The number of amides is 1. The fourth-order valence-corrected chi connectivity index (χ4v) is 2.62. The van der Waals surface area contributed by atoms with Gasteiger partial charge in [0.1, 0.15) is 11.6 Å². The van der Waals surface area contributed by atoms with Crippen molar-refractivity contribution in [1.29, 1.82) is 0 Å². The summed E-state index contributed by atoms with van der Waals surface area (Å²) in [4.78, 5) is 16.6. The fraction of sp³-hybridized carbons (Fsp3) is 0.529. The number of nitrogens with one attached hydrogen (secondary N) is 2. The van der Waals surface area contributed by atoms with E-state index in [0.29, 0.717) is 0 Å². The van der Waals surface area contributed by atoms with Crippen LogP contribution in [0.4, 0.5) is 5.69 Å². The van der Waals surface area contributed by atoms with Crippen molar-refractivity contribution in [1.82, 2.24) is 10.3 Å². The van der Waals surface area contributed by atoms with Gasteiger partial charge in [0, 0.05) is 17.6 Å². The van der Waals surface area contributed by atoms with Crippen molar-refractivity contribution in [3.05, 3.63) is 24.1 Å². The Kier molecular flexibility index (Phi) is 3.81. The molecule has 0 saturated carbocycles. The Morgan fingerprint density at radius 2 is 2.14 bits per heavy atom. The summed E-state index contributed by atoms with van der Waals surface area (Å²) in [6.45, 7) is 7.00. The zero-order valence-electron chi connectivity index (χ0n) is 13.4. The molecule has 1 saturated heterocycles. The largest absolute Gasteiger partial charge is 0.440 e. The molecule has 2 aromatic rings. The van der Waals surface area contributed by atoms with Gasteiger partial charge in [-0.25, -0.2) is 4.98 Å². The quantitative estimate of drug-likeness (QED) is 0.894. The molecule has 1 aromatic heterocycles. The molecule has 1 aromatic carbocycles. The summed E-state index contributed by atoms with van der Waals surface area (Å²) < 4.78 is 5.80. The second-order valence-corrected chi connectivity index (χ2v) is 6.94. The highest BCUT2D eigenvalue weighted by atomic mass is 16.3. The maximum Gasteiger partial charge on any atom is 0.242 e. The van der Waals surface area contributed by atoms with Gasteiger partial charge in [-0.15, -0.1) is 0 Å². The van der Waals surface area contributed by atoms with Crippen molar-refractivity contribution in [2.75, 3.05) is 11.9 Å². The van der Waals surface area contributed by atoms with Crippen molar-refractivity contribution in [3.63, 3.8) is 0 Å². The van der Waals surface area contributed by atoms with Gasteiger partial charge in [-0.2, -0.15) is 0 Å². The van der Waals surface area contributed by atoms with E-state index in [1.54, 1.807) is 0 Å². The lowest BCUT2D eigenvalue weighted by Gasteiger charge is -2.16. The summed E-state index contributed by atoms with van der Waals surface area (Å²) in [5.41, 5.74) is 2.39. The van der Waals surface area contributed by atoms with Crippen LogP contribution in [0, 0.1) is 0 Å². The van der Waals surface area contributed by atoms with Crippen LogP contribution in [0.1, 0.15) is 45.9 Å². The van der Waals surface area contributed by atoms with Gasteiger partial charge < -0.3 is 15.1 Å². The first kappa shape index (κ1) is 14.9. The normalized spacial score (nSPS) is 19.8. The van der Waals surface area contributed by atoms with Crippen LogP contribution in [0.25, 0.3) is 11.1 Å². The number of nitrogens with zero attached hydrogens (tertiary/aromatic N) is 1. The third-order valence-electron chi connectivity index (χ3n) is 3.91. The third-order valence-corrected chi connectivity index (χ3v) is 3.91. The Labute approximate surface area is 130 Å². The van der Waals surface area contributed by atoms with Crippen LogP contribution in [-0.4, -0.2) is 23.5 Å². The summed E-state index contributed by atoms with van der Waals surface area (Å²) in [5, 5.41) is 6.26. The Morgan fingerprint density at radius 3 is 2.91 bits per heavy atom. The first-order valence-electron chi connectivity index (χ1n) is 7.89. The zero-order chi connectivity index (χ0) is 15.7. The van der Waals surface area contributed by atoms with Crippen molar-refractivity contribution >= 4 is 22.7 Å². The number of aromatic nitrogens is 1. The maximum atomic E-state index is 12.0. The topological polar surface area (TPSA) is 67.2 Å². The van der Waals surface area contributed by atoms with Gasteiger partial charge in [0.05, 0.1) is 0 Å². The van der Waals surface area contributed by atoms with Gasteiger partial charge in [0.15, 0.2) is 5.58 Å². The van der Waals surface area contributed by atoms with Gasteiger partial charge in [-0.1, -0.05) is 20.8 Å². The predicted octanol–water partition coefficient (Wildman–Crippen LogP) is 3.21. The van der Waals surface area contributed by atoms with Gasteiger partial charge >= 0.3 is 0 Å². The molecule has 2 N–H and O–H groups in total. The number of oxazole rings is 1. The van der Waals surface area contributed by atoms with Crippen LogP contribution in [0.2, 0.25) is 0 Å². The van der Waals surface area contributed by atoms with Gasteiger partial charge in [-0.3, -0.25) is 4.79 Å². The number of hydrogen-bond donors (Lipinski definition) is 2. The lowest BCUT2D eigenvalue weighted by molar-refractivity contribution is -0.121. The number of rotatable bonds is 2. The molecule has 3 rings (SSSR count). The summed E-state index contributed by atoms with van der Waals surface area (Å²) >= 11 is 0. The summed E-state index contributed by atoms with van der Waals surface area (Å²) in [7, 11) is 0. The molecule has 1 aliphatic heterocycles. The van der Waals surface area contributed by atoms with Crippen molar-refractivity contribution in [2.24, 2.45) is 0 Å². The zero-order valence-corrected chi connectivity index (χ0v) is 13.4. The number of anilines is 1. The van der Waals surface area contributed by atoms with Crippen LogP contribution < -0.4 is 10.6 Å². The minimum Gasteiger partial charge on any atom is -0.440 e. The number of carbonyl (C=O) groups excluding carboxylic acids is 1. The number of carbonyl (C=O) groups is 1. The average Bonchev–Trinajstić information content (AvgIpc) is 2.79. The highest BCUT2D eigenvalue weighted by Gasteiger charge is 2.22. The molecule has 1 amide bonds. The van der Waals surface area contributed by atoms with E-state index >= 15 is 0 Å². The smallest absolute Gasteiger partial charge is 0.242 e. The molecule has 0 bridgehead atoms. The molecule has 1 fully saturated rings. The minimum absolute atomic E-state index is 0.0770. The molecule has 118 valence electrons. The van der Waals surface area contributed by atoms with E-state index in [1.807, 2.05) is 18.2 Å². The number of fused-ring (bicyclic) bond motifs is 1. The van der Waals surface area contributed by atoms with Gasteiger partial charge in [-0.05, 0) is 37.5 Å². The lowest BCUT2D eigenvalue weighted by atomic mass is 9.97. The summed E-state index contributed by atoms with van der Waals surface area (Å²) in [6.07, 6.45) is 2.95. The van der Waals surface area contributed by atoms with E-state index in [-0.39, 0.29) is 17.4 Å². The molecule has 1 unspecified atom stereocenters. The van der Waals surface area contributed by atoms with E-state index in [2.05, 4.69) is 36.4 Å². The molecular weight excluding hydrogens is 278 g/mol. The van der Waals surface area contributed by atoms with Crippen LogP contribution >= 0.6 is 0 Å². The summed E-state index contributed by atoms with van der Waals surface area (Å²) in [6, 6.07) is 5.63. The van der Waals surface area contributed by atoms with E-state index < -0.39 is 0 Å². The van der Waals surface area contributed by atoms with E-state index in [9.17, 15) is 4.79 Å². The Morgan fingerprint density at radius 1 is 1.32 bits per heavy atom. The Bertz CT molecular complexity index is 685. The van der Waals surface area contributed by atoms with Crippen LogP contribution in [0.15, 0.2) is 22.6 Å². The van der Waals surface area contributed by atoms with E-state index in [4.69, 9.17) is 4.42 Å². The average molecular weight is 301 g/mol. The van der Waals surface area contributed by atoms with E-state index in [1.165, 1.54) is 0 Å². The van der Waals surface area contributed by atoms with Crippen LogP contribution in [0.3, 0.4) is 0 Å². The maximum absolute atomic E-state index is 12.0. The first-order valence-corrected chi connectivity index (χ1v) is 7.89. The van der Waals surface area contributed by atoms with Gasteiger partial charge in [0.2, 0.25) is 11.8 Å². The molecule has 1 atom stereocenters. The second-order valence-electron chi connectivity index (χ2n) is 6.94. The highest BCUT2D eigenvalue weighted by molar-refractivity contribution is 5.86. The highest BCUT2D eigenvalue weighted by Crippen LogP contribution is 2.27. The molecule has 5 nitrogen and oxygen atoms in total. The monoisotopic (exact) mass is 301 g/mol. The third kappa shape index (κ3) is 3.08. The first-order chi connectivity index (χ1) is 10.4. The lowest BCUT2D eigenvalue weighted by Crippen LogP contribution is -2.37. The minimum atomic E-state index is -0.172. The van der Waals surface area contributed by atoms with Crippen LogP contribution in [0.5, 0.6) is 0 Å². The Balaban J connectivity index is 1.83. The molecule has 1 aliphatic rings. The molecule has 0 radical (unpaired) electrons. The molecule has 5 heteroatoms. The van der Waals surface area contributed by atoms with Gasteiger partial charge in [0.25, 0.3) is 0 Å². The number of hydrogen-bond acceptors (Lipinski definition) is 4. The van der Waals surface area contributed by atoms with Crippen LogP contribution in [-0.2, 0) is 10.2 Å². The molecule has 0 aliphatic carbocycles. The molecule has 0 spiro atoms. The molecule has 2 heterocycles. The fourth-order valence-electron chi connectivity index (χ4n) is 2.62. The van der Waals surface area contributed by atoms with Crippen molar-refractivity contribution in [3.8, 4) is 0 Å². The van der Waals surface area contributed by atoms with Crippen molar-refractivity contribution < 1.29 is 9.21 Å². The SMILES string of the molecule is CC(C)(C)c1nc2cc(NC3CCCCNC3=O)ccc2o1. The van der Waals surface area contributed by atoms with E-state index in [0.717, 1.165) is 48.5 Å². The second kappa shape index (κ2) is 5.63. The summed E-state index contributed by atoms with van der Waals surface area (Å²) in [5.74, 6) is 0.806. The molecule has 22 heavy (non-hydrogen) atoms. The predicted molar refractivity (Wildman–Crippen MR) is 87.0 cm³/mol.